The second-order valence-electron chi connectivity index (χ2n) is 13.2. The first-order chi connectivity index (χ1) is 19.6. The molecule has 0 radical (unpaired) electrons. The summed E-state index contributed by atoms with van der Waals surface area (Å²) in [6, 6.07) is 7.35. The summed E-state index contributed by atoms with van der Waals surface area (Å²) in [4.78, 5) is 37.7. The number of hydrogen-bond acceptors (Lipinski definition) is 6. The number of hydrogen-bond donors (Lipinski definition) is 0. The van der Waals surface area contributed by atoms with Gasteiger partial charge in [-0.2, -0.15) is 0 Å². The van der Waals surface area contributed by atoms with E-state index in [0.717, 1.165) is 70.1 Å². The van der Waals surface area contributed by atoms with Crippen molar-refractivity contribution in [3.63, 3.8) is 0 Å². The molecule has 41 heavy (non-hydrogen) atoms. The molecule has 0 aliphatic heterocycles. The Morgan fingerprint density at radius 3 is 2.29 bits per heavy atom. The molecule has 3 saturated carbocycles. The highest BCUT2D eigenvalue weighted by Gasteiger charge is 2.58. The van der Waals surface area contributed by atoms with Gasteiger partial charge in [0.25, 0.3) is 0 Å². The molecule has 5 rings (SSSR count). The quantitative estimate of drug-likeness (QED) is 0.143. The predicted octanol–water partition coefficient (Wildman–Crippen LogP) is 7.22. The first-order valence-electron chi connectivity index (χ1n) is 15.8. The SMILES string of the molecule is CCOC(=O)c1ccc([N+](CC)(CC)COC(=O)O[C@H]2CC[C@@]3(C)C(=CC[C@@H]4[C@@H]3CC[C@]3(C)C(=O)CC[C@@H]43)C2)cc1. The summed E-state index contributed by atoms with van der Waals surface area (Å²) in [7, 11) is 0. The normalized spacial score (nSPS) is 32.7. The number of ether oxygens (including phenoxy) is 3. The smallest absolute Gasteiger partial charge is 0.462 e. The van der Waals surface area contributed by atoms with E-state index in [9.17, 15) is 14.4 Å². The molecule has 0 N–H and O–H groups in total. The van der Waals surface area contributed by atoms with Crippen LogP contribution in [0.5, 0.6) is 0 Å². The van der Waals surface area contributed by atoms with Crippen molar-refractivity contribution < 1.29 is 28.6 Å². The molecule has 6 atom stereocenters. The number of Topliss-reactive ketones (excluding diaryl/α,β-unsaturated/α-hetero) is 1. The van der Waals surface area contributed by atoms with Crippen LogP contribution in [0.1, 0.15) is 96.3 Å². The van der Waals surface area contributed by atoms with E-state index in [4.69, 9.17) is 14.2 Å². The molecule has 0 heterocycles. The minimum Gasteiger partial charge on any atom is -0.462 e. The number of nitrogens with zero attached hydrogens (tertiary/aromatic N) is 1. The third-order valence-electron chi connectivity index (χ3n) is 11.6. The molecule has 1 aromatic rings. The average Bonchev–Trinajstić information content (AvgIpc) is 3.28. The number of rotatable bonds is 8. The molecule has 4 aliphatic carbocycles. The van der Waals surface area contributed by atoms with E-state index < -0.39 is 6.16 Å². The maximum absolute atomic E-state index is 12.9. The summed E-state index contributed by atoms with van der Waals surface area (Å²) in [5.74, 6) is 1.87. The van der Waals surface area contributed by atoms with E-state index in [-0.39, 0.29) is 29.6 Å². The highest BCUT2D eigenvalue weighted by Crippen LogP contribution is 2.64. The summed E-state index contributed by atoms with van der Waals surface area (Å²) in [6.07, 6.45) is 9.25. The van der Waals surface area contributed by atoms with Crippen LogP contribution in [0.3, 0.4) is 0 Å². The van der Waals surface area contributed by atoms with Crippen LogP contribution in [-0.4, -0.2) is 50.4 Å². The van der Waals surface area contributed by atoms with Gasteiger partial charge in [-0.25, -0.2) is 9.59 Å². The number of carbonyl (C=O) groups excluding carboxylic acids is 3. The molecule has 1 aromatic carbocycles. The Labute approximate surface area is 245 Å². The fraction of sp³-hybridized carbons (Fsp3) is 0.676. The maximum atomic E-state index is 12.9. The molecule has 0 aromatic heterocycles. The second kappa shape index (κ2) is 11.5. The van der Waals surface area contributed by atoms with Gasteiger partial charge in [-0.15, -0.1) is 0 Å². The number of fused-ring (bicyclic) bond motifs is 5. The van der Waals surface area contributed by atoms with Crippen molar-refractivity contribution in [2.45, 2.75) is 92.1 Å². The van der Waals surface area contributed by atoms with Crippen molar-refractivity contribution in [2.75, 3.05) is 26.4 Å². The molecule has 0 spiro atoms. The van der Waals surface area contributed by atoms with E-state index in [0.29, 0.717) is 40.2 Å². The van der Waals surface area contributed by atoms with Crippen LogP contribution >= 0.6 is 0 Å². The van der Waals surface area contributed by atoms with Crippen molar-refractivity contribution in [3.05, 3.63) is 41.5 Å². The van der Waals surface area contributed by atoms with E-state index in [2.05, 4.69) is 33.8 Å². The molecule has 4 aliphatic rings. The van der Waals surface area contributed by atoms with Gasteiger partial charge in [0.15, 0.2) is 0 Å². The van der Waals surface area contributed by atoms with Crippen LogP contribution in [0.2, 0.25) is 0 Å². The van der Waals surface area contributed by atoms with E-state index in [1.807, 2.05) is 12.1 Å². The molecule has 0 amide bonds. The fourth-order valence-corrected chi connectivity index (χ4v) is 8.82. The summed E-state index contributed by atoms with van der Waals surface area (Å²) < 4.78 is 17.2. The number of carbonyl (C=O) groups is 3. The molecule has 0 bridgehead atoms. The zero-order valence-corrected chi connectivity index (χ0v) is 25.6. The highest BCUT2D eigenvalue weighted by atomic mass is 16.7. The topological polar surface area (TPSA) is 78.9 Å². The van der Waals surface area contributed by atoms with Gasteiger partial charge in [-0.3, -0.25) is 9.28 Å². The van der Waals surface area contributed by atoms with Crippen molar-refractivity contribution in [1.82, 2.24) is 4.48 Å². The minimum atomic E-state index is -0.613. The van der Waals surface area contributed by atoms with E-state index in [1.54, 1.807) is 19.1 Å². The molecule has 7 nitrogen and oxygen atoms in total. The van der Waals surface area contributed by atoms with Crippen LogP contribution in [0, 0.1) is 28.6 Å². The van der Waals surface area contributed by atoms with E-state index in [1.165, 1.54) is 5.57 Å². The first kappa shape index (κ1) is 29.8. The Kier molecular flexibility index (Phi) is 8.39. The third-order valence-corrected chi connectivity index (χ3v) is 11.6. The molecular weight excluding hydrogens is 518 g/mol. The van der Waals surface area contributed by atoms with Gasteiger partial charge in [0.05, 0.1) is 25.3 Å². The van der Waals surface area contributed by atoms with Crippen LogP contribution < -0.4 is 4.48 Å². The summed E-state index contributed by atoms with van der Waals surface area (Å²) in [5, 5.41) is 0. The number of quaternary nitrogens is 1. The van der Waals surface area contributed by atoms with Crippen LogP contribution in [0.25, 0.3) is 0 Å². The lowest BCUT2D eigenvalue weighted by molar-refractivity contribution is -0.132. The van der Waals surface area contributed by atoms with Gasteiger partial charge in [0.2, 0.25) is 6.73 Å². The molecule has 0 unspecified atom stereocenters. The zero-order chi connectivity index (χ0) is 29.4. The van der Waals surface area contributed by atoms with Crippen molar-refractivity contribution in [2.24, 2.45) is 28.6 Å². The lowest BCUT2D eigenvalue weighted by atomic mass is 9.48. The van der Waals surface area contributed by atoms with Gasteiger partial charge in [0.1, 0.15) is 17.6 Å². The van der Waals surface area contributed by atoms with Gasteiger partial charge in [0, 0.05) is 30.4 Å². The first-order valence-corrected chi connectivity index (χ1v) is 15.8. The summed E-state index contributed by atoms with van der Waals surface area (Å²) in [6.45, 7) is 12.5. The van der Waals surface area contributed by atoms with Gasteiger partial charge < -0.3 is 14.2 Å². The number of allylic oxidation sites excluding steroid dienone is 1. The van der Waals surface area contributed by atoms with E-state index >= 15 is 0 Å². The zero-order valence-electron chi connectivity index (χ0n) is 25.6. The molecular formula is C34H48NO6+. The van der Waals surface area contributed by atoms with Gasteiger partial charge in [-0.05, 0) is 94.6 Å². The Morgan fingerprint density at radius 1 is 0.927 bits per heavy atom. The fourth-order valence-electron chi connectivity index (χ4n) is 8.82. The van der Waals surface area contributed by atoms with Crippen molar-refractivity contribution in [1.29, 1.82) is 0 Å². The summed E-state index contributed by atoms with van der Waals surface area (Å²) >= 11 is 0. The molecule has 224 valence electrons. The Balaban J connectivity index is 1.20. The summed E-state index contributed by atoms with van der Waals surface area (Å²) in [5.41, 5.74) is 2.93. The lowest BCUT2D eigenvalue weighted by Crippen LogP contribution is -2.51. The van der Waals surface area contributed by atoms with Crippen LogP contribution in [0.4, 0.5) is 10.5 Å². The molecule has 3 fully saturated rings. The number of benzene rings is 1. The molecule has 7 heteroatoms. The van der Waals surface area contributed by atoms with Gasteiger partial charge >= 0.3 is 12.1 Å². The second-order valence-corrected chi connectivity index (χ2v) is 13.2. The Hall–Kier alpha value is -2.67. The third kappa shape index (κ3) is 5.24. The monoisotopic (exact) mass is 566 g/mol. The highest BCUT2D eigenvalue weighted by molar-refractivity contribution is 5.89. The Bertz CT molecular complexity index is 1190. The largest absolute Gasteiger partial charge is 0.512 e. The minimum absolute atomic E-state index is 0.111. The Morgan fingerprint density at radius 2 is 1.61 bits per heavy atom. The number of esters is 1. The maximum Gasteiger partial charge on any atom is 0.512 e. The lowest BCUT2D eigenvalue weighted by Gasteiger charge is -2.56. The standard InChI is InChI=1S/C34H48NO6/c1-6-35(7-2,25-12-9-23(10-13-25)31(37)39-8-3)22-40-32(38)41-26-17-19-33(4)24(21-26)11-14-27-28-15-16-30(36)34(28,5)20-18-29(27)33/h9-13,26-29H,6-8,14-22H2,1-5H3/q+1/t26-,27-,28-,29-,33-,34-/m0/s1. The number of ketones is 1. The molecule has 0 saturated heterocycles. The van der Waals surface area contributed by atoms with Crippen LogP contribution in [0.15, 0.2) is 35.9 Å². The van der Waals surface area contributed by atoms with Crippen molar-refractivity contribution in [3.8, 4) is 0 Å². The van der Waals surface area contributed by atoms with Gasteiger partial charge in [-0.1, -0.05) is 25.5 Å². The van der Waals surface area contributed by atoms with Crippen LogP contribution in [-0.2, 0) is 19.0 Å². The van der Waals surface area contributed by atoms with Crippen molar-refractivity contribution >= 4 is 23.6 Å². The average molecular weight is 567 g/mol. The predicted molar refractivity (Wildman–Crippen MR) is 158 cm³/mol.